The molecule has 4 rings (SSSR count). The summed E-state index contributed by atoms with van der Waals surface area (Å²) in [5.74, 6) is 0.812. The van der Waals surface area contributed by atoms with Crippen molar-refractivity contribution < 1.29 is 4.52 Å². The minimum Gasteiger partial charge on any atom is -0.336 e. The van der Waals surface area contributed by atoms with Gasteiger partial charge in [-0.15, -0.1) is 0 Å². The Bertz CT molecular complexity index is 1020. The van der Waals surface area contributed by atoms with Crippen LogP contribution in [0.2, 0.25) is 5.02 Å². The van der Waals surface area contributed by atoms with Gasteiger partial charge in [-0.25, -0.2) is 0 Å². The molecule has 8 nitrogen and oxygen atoms in total. The molecule has 0 aliphatic carbocycles. The molecular formula is C18H19ClN6O2. The summed E-state index contributed by atoms with van der Waals surface area (Å²) in [7, 11) is 2.09. The molecule has 0 amide bonds. The topological polar surface area (TPSA) is 80.3 Å². The summed E-state index contributed by atoms with van der Waals surface area (Å²) >= 11 is 6.18. The quantitative estimate of drug-likeness (QED) is 0.681. The molecule has 1 aliphatic heterocycles. The van der Waals surface area contributed by atoms with Crippen LogP contribution in [0.4, 0.5) is 5.95 Å². The van der Waals surface area contributed by atoms with Crippen LogP contribution in [0.3, 0.4) is 0 Å². The highest BCUT2D eigenvalue weighted by atomic mass is 35.5. The number of benzene rings is 1. The van der Waals surface area contributed by atoms with Crippen molar-refractivity contribution in [1.29, 1.82) is 0 Å². The molecule has 1 aromatic carbocycles. The SMILES string of the molecule is Cc1ccc(-n2nc(-c3nc(N4CCN(C)CC4)no3)ccc2=O)cc1Cl. The third-order valence-electron chi connectivity index (χ3n) is 4.62. The Morgan fingerprint density at radius 2 is 1.89 bits per heavy atom. The molecule has 0 unspecified atom stereocenters. The second-order valence-corrected chi connectivity index (χ2v) is 7.00. The van der Waals surface area contributed by atoms with Crippen molar-refractivity contribution in [2.24, 2.45) is 0 Å². The molecule has 1 aliphatic rings. The molecule has 2 aromatic heterocycles. The van der Waals surface area contributed by atoms with Gasteiger partial charge in [0.2, 0.25) is 0 Å². The maximum Gasteiger partial charge on any atom is 0.279 e. The first-order valence-corrected chi connectivity index (χ1v) is 9.03. The molecule has 0 N–H and O–H groups in total. The molecule has 3 aromatic rings. The van der Waals surface area contributed by atoms with Crippen LogP contribution in [0, 0.1) is 6.92 Å². The van der Waals surface area contributed by atoms with Gasteiger partial charge in [-0.2, -0.15) is 14.8 Å². The van der Waals surface area contributed by atoms with Gasteiger partial charge in [-0.05, 0) is 42.9 Å². The highest BCUT2D eigenvalue weighted by Gasteiger charge is 2.20. The van der Waals surface area contributed by atoms with Gasteiger partial charge in [0.25, 0.3) is 17.4 Å². The Hall–Kier alpha value is -2.71. The van der Waals surface area contributed by atoms with Gasteiger partial charge in [0.1, 0.15) is 5.69 Å². The van der Waals surface area contributed by atoms with Gasteiger partial charge in [0, 0.05) is 37.3 Å². The number of anilines is 1. The minimum absolute atomic E-state index is 0.266. The minimum atomic E-state index is -0.266. The zero-order valence-corrected chi connectivity index (χ0v) is 15.8. The number of hydrogen-bond donors (Lipinski definition) is 0. The van der Waals surface area contributed by atoms with Crippen molar-refractivity contribution in [3.8, 4) is 17.3 Å². The molecule has 9 heteroatoms. The summed E-state index contributed by atoms with van der Waals surface area (Å²) in [6, 6.07) is 8.35. The van der Waals surface area contributed by atoms with E-state index in [9.17, 15) is 4.79 Å². The Balaban J connectivity index is 1.65. The van der Waals surface area contributed by atoms with Crippen molar-refractivity contribution in [3.63, 3.8) is 0 Å². The lowest BCUT2D eigenvalue weighted by molar-refractivity contribution is 0.309. The first-order chi connectivity index (χ1) is 13.0. The molecule has 1 saturated heterocycles. The predicted octanol–water partition coefficient (Wildman–Crippen LogP) is 2.00. The highest BCUT2D eigenvalue weighted by molar-refractivity contribution is 6.31. The normalized spacial score (nSPS) is 15.3. The first-order valence-electron chi connectivity index (χ1n) is 8.66. The second-order valence-electron chi connectivity index (χ2n) is 6.59. The summed E-state index contributed by atoms with van der Waals surface area (Å²) in [5.41, 5.74) is 1.67. The van der Waals surface area contributed by atoms with Crippen LogP contribution >= 0.6 is 11.6 Å². The zero-order valence-electron chi connectivity index (χ0n) is 15.1. The summed E-state index contributed by atoms with van der Waals surface area (Å²) in [6.07, 6.45) is 0. The van der Waals surface area contributed by atoms with Crippen molar-refractivity contribution in [2.45, 2.75) is 6.92 Å². The zero-order chi connectivity index (χ0) is 19.0. The largest absolute Gasteiger partial charge is 0.336 e. The molecule has 0 bridgehead atoms. The Kier molecular flexibility index (Phi) is 4.67. The maximum atomic E-state index is 12.3. The fourth-order valence-corrected chi connectivity index (χ4v) is 3.05. The third kappa shape index (κ3) is 3.58. The number of halogens is 1. The lowest BCUT2D eigenvalue weighted by atomic mass is 10.2. The molecule has 0 atom stereocenters. The summed E-state index contributed by atoms with van der Waals surface area (Å²) < 4.78 is 6.66. The fraction of sp³-hybridized carbons (Fsp3) is 0.333. The Morgan fingerprint density at radius 3 is 2.63 bits per heavy atom. The molecule has 0 spiro atoms. The van der Waals surface area contributed by atoms with Gasteiger partial charge in [0.15, 0.2) is 0 Å². The number of hydrogen-bond acceptors (Lipinski definition) is 7. The van der Waals surface area contributed by atoms with Gasteiger partial charge in [-0.3, -0.25) is 4.79 Å². The molecular weight excluding hydrogens is 368 g/mol. The van der Waals surface area contributed by atoms with E-state index in [1.54, 1.807) is 18.2 Å². The van der Waals surface area contributed by atoms with Crippen LogP contribution in [0.25, 0.3) is 17.3 Å². The summed E-state index contributed by atoms with van der Waals surface area (Å²) in [4.78, 5) is 21.0. The molecule has 0 radical (unpaired) electrons. The van der Waals surface area contributed by atoms with Crippen molar-refractivity contribution in [1.82, 2.24) is 24.8 Å². The number of piperazine rings is 1. The smallest absolute Gasteiger partial charge is 0.279 e. The molecule has 1 fully saturated rings. The van der Waals surface area contributed by atoms with Crippen molar-refractivity contribution in [2.75, 3.05) is 38.1 Å². The third-order valence-corrected chi connectivity index (χ3v) is 5.03. The van der Waals surface area contributed by atoms with E-state index in [-0.39, 0.29) is 11.4 Å². The molecule has 0 saturated carbocycles. The van der Waals surface area contributed by atoms with E-state index in [0.717, 1.165) is 31.7 Å². The van der Waals surface area contributed by atoms with E-state index < -0.39 is 0 Å². The van der Waals surface area contributed by atoms with Crippen LogP contribution in [-0.2, 0) is 0 Å². The number of rotatable bonds is 3. The molecule has 3 heterocycles. The number of aromatic nitrogens is 4. The number of aryl methyl sites for hydroxylation is 1. The lowest BCUT2D eigenvalue weighted by Gasteiger charge is -2.31. The number of nitrogens with zero attached hydrogens (tertiary/aromatic N) is 6. The van der Waals surface area contributed by atoms with Crippen LogP contribution in [0.1, 0.15) is 5.56 Å². The summed E-state index contributed by atoms with van der Waals surface area (Å²) in [6.45, 7) is 5.47. The lowest BCUT2D eigenvalue weighted by Crippen LogP contribution is -2.44. The first kappa shape index (κ1) is 17.7. The van der Waals surface area contributed by atoms with Crippen molar-refractivity contribution >= 4 is 17.5 Å². The average molecular weight is 387 g/mol. The van der Waals surface area contributed by atoms with E-state index in [2.05, 4.69) is 32.1 Å². The summed E-state index contributed by atoms with van der Waals surface area (Å²) in [5, 5.41) is 9.01. The van der Waals surface area contributed by atoms with Crippen LogP contribution in [-0.4, -0.2) is 58.0 Å². The maximum absolute atomic E-state index is 12.3. The standard InChI is InChI=1S/C18H19ClN6O2/c1-12-3-4-13(11-14(12)19)25-16(26)6-5-15(21-25)17-20-18(22-27-17)24-9-7-23(2)8-10-24/h3-6,11H,7-10H2,1-2H3. The van der Waals surface area contributed by atoms with E-state index in [0.29, 0.717) is 22.4 Å². The average Bonchev–Trinajstić information content (AvgIpc) is 3.15. The Labute approximate surface area is 161 Å². The van der Waals surface area contributed by atoms with Gasteiger partial charge in [0.05, 0.1) is 5.69 Å². The van der Waals surface area contributed by atoms with Crippen LogP contribution in [0.5, 0.6) is 0 Å². The molecule has 27 heavy (non-hydrogen) atoms. The molecule has 140 valence electrons. The van der Waals surface area contributed by atoms with E-state index in [1.807, 2.05) is 13.0 Å². The van der Waals surface area contributed by atoms with E-state index in [4.69, 9.17) is 16.1 Å². The van der Waals surface area contributed by atoms with Gasteiger partial charge >= 0.3 is 0 Å². The van der Waals surface area contributed by atoms with E-state index in [1.165, 1.54) is 10.7 Å². The van der Waals surface area contributed by atoms with Crippen molar-refractivity contribution in [3.05, 3.63) is 51.3 Å². The second kappa shape index (κ2) is 7.13. The van der Waals surface area contributed by atoms with Gasteiger partial charge in [-0.1, -0.05) is 17.7 Å². The van der Waals surface area contributed by atoms with E-state index >= 15 is 0 Å². The highest BCUT2D eigenvalue weighted by Crippen LogP contribution is 2.21. The fourth-order valence-electron chi connectivity index (χ4n) is 2.88. The predicted molar refractivity (Wildman–Crippen MR) is 103 cm³/mol. The Morgan fingerprint density at radius 1 is 1.11 bits per heavy atom. The van der Waals surface area contributed by atoms with Crippen LogP contribution in [0.15, 0.2) is 39.6 Å². The number of likely N-dealkylation sites (N-methyl/N-ethyl adjacent to an activating group) is 1. The monoisotopic (exact) mass is 386 g/mol. The van der Waals surface area contributed by atoms with Crippen LogP contribution < -0.4 is 10.5 Å². The van der Waals surface area contributed by atoms with Gasteiger partial charge < -0.3 is 14.3 Å².